The standard InChI is InChI=1S/C12H21NO3/c1-3-15-12(16-4-2)9-13-10-6-5-7-11(14)8-10/h8,12-13H,3-7,9H2,1-2H3. The molecule has 16 heavy (non-hydrogen) atoms. The van der Waals surface area contributed by atoms with Crippen LogP contribution in [0.25, 0.3) is 0 Å². The third-order valence-electron chi connectivity index (χ3n) is 2.41. The number of ether oxygens (including phenoxy) is 2. The van der Waals surface area contributed by atoms with Crippen LogP contribution in [0.4, 0.5) is 0 Å². The van der Waals surface area contributed by atoms with Gasteiger partial charge >= 0.3 is 0 Å². The second-order valence-corrected chi connectivity index (χ2v) is 3.71. The second kappa shape index (κ2) is 7.41. The summed E-state index contributed by atoms with van der Waals surface area (Å²) in [4.78, 5) is 11.2. The summed E-state index contributed by atoms with van der Waals surface area (Å²) in [7, 11) is 0. The van der Waals surface area contributed by atoms with Crippen molar-refractivity contribution < 1.29 is 14.3 Å². The van der Waals surface area contributed by atoms with E-state index in [-0.39, 0.29) is 12.1 Å². The molecular formula is C12H21NO3. The predicted molar refractivity (Wildman–Crippen MR) is 62.0 cm³/mol. The third-order valence-corrected chi connectivity index (χ3v) is 2.41. The highest BCUT2D eigenvalue weighted by atomic mass is 16.7. The Morgan fingerprint density at radius 3 is 2.56 bits per heavy atom. The van der Waals surface area contributed by atoms with Gasteiger partial charge in [0.25, 0.3) is 0 Å². The Balaban J connectivity index is 2.33. The van der Waals surface area contributed by atoms with E-state index in [9.17, 15) is 4.79 Å². The summed E-state index contributed by atoms with van der Waals surface area (Å²) in [5.41, 5.74) is 1.00. The molecule has 0 radical (unpaired) electrons. The van der Waals surface area contributed by atoms with Crippen molar-refractivity contribution in [1.29, 1.82) is 0 Å². The zero-order chi connectivity index (χ0) is 11.8. The van der Waals surface area contributed by atoms with E-state index in [1.807, 2.05) is 13.8 Å². The number of rotatable bonds is 7. The van der Waals surface area contributed by atoms with E-state index >= 15 is 0 Å². The molecule has 0 atom stereocenters. The molecule has 4 nitrogen and oxygen atoms in total. The van der Waals surface area contributed by atoms with Crippen LogP contribution in [0.5, 0.6) is 0 Å². The molecule has 0 amide bonds. The molecule has 0 aromatic carbocycles. The minimum atomic E-state index is -0.229. The molecule has 0 bridgehead atoms. The summed E-state index contributed by atoms with van der Waals surface area (Å²) in [5.74, 6) is 0.207. The Morgan fingerprint density at radius 2 is 2.00 bits per heavy atom. The maximum Gasteiger partial charge on any atom is 0.174 e. The van der Waals surface area contributed by atoms with E-state index in [4.69, 9.17) is 9.47 Å². The highest BCUT2D eigenvalue weighted by Crippen LogP contribution is 2.12. The first-order valence-electron chi connectivity index (χ1n) is 5.96. The second-order valence-electron chi connectivity index (χ2n) is 3.71. The first-order valence-corrected chi connectivity index (χ1v) is 5.96. The van der Waals surface area contributed by atoms with Gasteiger partial charge in [0.2, 0.25) is 0 Å². The van der Waals surface area contributed by atoms with Gasteiger partial charge < -0.3 is 14.8 Å². The van der Waals surface area contributed by atoms with Gasteiger partial charge in [-0.15, -0.1) is 0 Å². The van der Waals surface area contributed by atoms with Crippen molar-refractivity contribution in [3.05, 3.63) is 11.8 Å². The predicted octanol–water partition coefficient (Wildman–Crippen LogP) is 1.61. The normalized spacial score (nSPS) is 16.4. The Morgan fingerprint density at radius 1 is 1.31 bits per heavy atom. The van der Waals surface area contributed by atoms with Crippen molar-refractivity contribution in [2.45, 2.75) is 39.4 Å². The zero-order valence-corrected chi connectivity index (χ0v) is 10.1. The third kappa shape index (κ3) is 4.77. The zero-order valence-electron chi connectivity index (χ0n) is 10.1. The van der Waals surface area contributed by atoms with E-state index in [2.05, 4.69) is 5.32 Å². The van der Waals surface area contributed by atoms with Crippen LogP contribution >= 0.6 is 0 Å². The molecule has 1 aliphatic carbocycles. The molecule has 92 valence electrons. The number of carbonyl (C=O) groups is 1. The maximum absolute atomic E-state index is 11.2. The smallest absolute Gasteiger partial charge is 0.174 e. The van der Waals surface area contributed by atoms with Gasteiger partial charge in [0.15, 0.2) is 12.1 Å². The van der Waals surface area contributed by atoms with Crippen LogP contribution in [0.3, 0.4) is 0 Å². The largest absolute Gasteiger partial charge is 0.383 e. The van der Waals surface area contributed by atoms with Crippen molar-refractivity contribution in [2.24, 2.45) is 0 Å². The van der Waals surface area contributed by atoms with Crippen molar-refractivity contribution >= 4 is 5.78 Å². The summed E-state index contributed by atoms with van der Waals surface area (Å²) >= 11 is 0. The number of allylic oxidation sites excluding steroid dienone is 2. The molecular weight excluding hydrogens is 206 g/mol. The fourth-order valence-corrected chi connectivity index (χ4v) is 1.68. The highest BCUT2D eigenvalue weighted by Gasteiger charge is 2.12. The SMILES string of the molecule is CCOC(CNC1=CC(=O)CCC1)OCC. The molecule has 0 aromatic rings. The molecule has 0 unspecified atom stereocenters. The van der Waals surface area contributed by atoms with E-state index < -0.39 is 0 Å². The molecule has 4 heteroatoms. The molecule has 1 rings (SSSR count). The van der Waals surface area contributed by atoms with Gasteiger partial charge in [-0.2, -0.15) is 0 Å². The number of carbonyl (C=O) groups excluding carboxylic acids is 1. The van der Waals surface area contributed by atoms with Crippen LogP contribution in [0, 0.1) is 0 Å². The van der Waals surface area contributed by atoms with Gasteiger partial charge in [0.1, 0.15) is 0 Å². The average Bonchev–Trinajstić information content (AvgIpc) is 2.27. The summed E-state index contributed by atoms with van der Waals surface area (Å²) in [5, 5.41) is 3.21. The van der Waals surface area contributed by atoms with Crippen LogP contribution in [0.15, 0.2) is 11.8 Å². The summed E-state index contributed by atoms with van der Waals surface area (Å²) in [6, 6.07) is 0. The molecule has 0 saturated carbocycles. The first kappa shape index (κ1) is 13.2. The van der Waals surface area contributed by atoms with Crippen LogP contribution < -0.4 is 5.32 Å². The van der Waals surface area contributed by atoms with Gasteiger partial charge in [-0.05, 0) is 26.7 Å². The molecule has 1 aliphatic rings. The van der Waals surface area contributed by atoms with Crippen LogP contribution in [0.1, 0.15) is 33.1 Å². The van der Waals surface area contributed by atoms with E-state index in [1.54, 1.807) is 6.08 Å². The van der Waals surface area contributed by atoms with Crippen molar-refractivity contribution in [2.75, 3.05) is 19.8 Å². The Kier molecular flexibility index (Phi) is 6.11. The van der Waals surface area contributed by atoms with Crippen molar-refractivity contribution in [1.82, 2.24) is 5.32 Å². The summed E-state index contributed by atoms with van der Waals surface area (Å²) < 4.78 is 10.8. The molecule has 0 spiro atoms. The minimum Gasteiger partial charge on any atom is -0.383 e. The lowest BCUT2D eigenvalue weighted by atomic mass is 10.0. The minimum absolute atomic E-state index is 0.207. The van der Waals surface area contributed by atoms with Crippen LogP contribution in [-0.4, -0.2) is 31.8 Å². The fourth-order valence-electron chi connectivity index (χ4n) is 1.68. The number of hydrogen-bond acceptors (Lipinski definition) is 4. The van der Waals surface area contributed by atoms with Gasteiger partial charge in [0, 0.05) is 31.4 Å². The Bertz CT molecular complexity index is 245. The molecule has 0 aliphatic heterocycles. The monoisotopic (exact) mass is 227 g/mol. The van der Waals surface area contributed by atoms with E-state index in [0.717, 1.165) is 18.5 Å². The molecule has 0 heterocycles. The first-order chi connectivity index (χ1) is 7.76. The average molecular weight is 227 g/mol. The summed E-state index contributed by atoms with van der Waals surface area (Å²) in [6.45, 7) is 5.74. The molecule has 0 aromatic heterocycles. The topological polar surface area (TPSA) is 47.6 Å². The van der Waals surface area contributed by atoms with E-state index in [1.165, 1.54) is 0 Å². The van der Waals surface area contributed by atoms with Crippen molar-refractivity contribution in [3.8, 4) is 0 Å². The number of ketones is 1. The Labute approximate surface area is 97.0 Å². The lowest BCUT2D eigenvalue weighted by molar-refractivity contribution is -0.132. The van der Waals surface area contributed by atoms with E-state index in [0.29, 0.717) is 26.2 Å². The maximum atomic E-state index is 11.2. The van der Waals surface area contributed by atoms with Crippen LogP contribution in [-0.2, 0) is 14.3 Å². The fraction of sp³-hybridized carbons (Fsp3) is 0.750. The number of nitrogens with one attached hydrogen (secondary N) is 1. The number of hydrogen-bond donors (Lipinski definition) is 1. The lowest BCUT2D eigenvalue weighted by Crippen LogP contribution is -2.32. The van der Waals surface area contributed by atoms with Crippen LogP contribution in [0.2, 0.25) is 0 Å². The summed E-state index contributed by atoms with van der Waals surface area (Å²) in [6.07, 6.45) is 4.01. The van der Waals surface area contributed by atoms with Gasteiger partial charge in [-0.3, -0.25) is 4.79 Å². The molecule has 0 fully saturated rings. The van der Waals surface area contributed by atoms with Crippen molar-refractivity contribution in [3.63, 3.8) is 0 Å². The molecule has 1 N–H and O–H groups in total. The van der Waals surface area contributed by atoms with Gasteiger partial charge in [-0.1, -0.05) is 0 Å². The lowest BCUT2D eigenvalue weighted by Gasteiger charge is -2.20. The van der Waals surface area contributed by atoms with Gasteiger partial charge in [-0.25, -0.2) is 0 Å². The highest BCUT2D eigenvalue weighted by molar-refractivity contribution is 5.90. The molecule has 0 saturated heterocycles. The quantitative estimate of drug-likeness (QED) is 0.671. The van der Waals surface area contributed by atoms with Gasteiger partial charge in [0.05, 0.1) is 6.54 Å². The Hall–Kier alpha value is -0.870.